The smallest absolute Gasteiger partial charge is 0.339 e. The summed E-state index contributed by atoms with van der Waals surface area (Å²) in [5.41, 5.74) is -0.117. The van der Waals surface area contributed by atoms with Gasteiger partial charge in [0.15, 0.2) is 0 Å². The normalized spacial score (nSPS) is 11.4. The molecule has 0 aromatic heterocycles. The first-order valence-corrected chi connectivity index (χ1v) is 11.8. The van der Waals surface area contributed by atoms with E-state index in [1.807, 2.05) is 0 Å². The molecule has 0 bridgehead atoms. The van der Waals surface area contributed by atoms with Gasteiger partial charge in [-0.05, 0) is 54.6 Å². The van der Waals surface area contributed by atoms with Crippen LogP contribution in [0.25, 0.3) is 6.08 Å². The molecule has 0 saturated heterocycles. The number of hydrogen-bond donors (Lipinski definition) is 1. The summed E-state index contributed by atoms with van der Waals surface area (Å²) in [5, 5.41) is 23.2. The average molecular weight is 563 g/mol. The zero-order chi connectivity index (χ0) is 24.9. The van der Waals surface area contributed by atoms with Crippen LogP contribution < -0.4 is 9.50 Å². The molecule has 0 spiro atoms. The molecule has 9 nitrogen and oxygen atoms in total. The molecule has 0 heterocycles. The Morgan fingerprint density at radius 3 is 2.47 bits per heavy atom. The summed E-state index contributed by atoms with van der Waals surface area (Å²) >= 11 is 9.16. The third kappa shape index (κ3) is 6.20. The number of carbonyl (C=O) groups excluding carboxylic acids is 1. The minimum absolute atomic E-state index is 0.123. The van der Waals surface area contributed by atoms with E-state index in [9.17, 15) is 28.6 Å². The number of nitrogens with one attached hydrogen (secondary N) is 1. The molecule has 0 atom stereocenters. The van der Waals surface area contributed by atoms with E-state index in [1.54, 1.807) is 24.3 Å². The fourth-order valence-corrected chi connectivity index (χ4v) is 4.20. The van der Waals surface area contributed by atoms with Crippen molar-refractivity contribution in [3.05, 3.63) is 97.5 Å². The summed E-state index contributed by atoms with van der Waals surface area (Å²) in [4.78, 5) is 22.4. The van der Waals surface area contributed by atoms with E-state index in [0.29, 0.717) is 15.2 Å². The number of anilines is 1. The number of nitro benzene ring substituents is 1. The summed E-state index contributed by atoms with van der Waals surface area (Å²) in [7, 11) is -4.37. The van der Waals surface area contributed by atoms with Gasteiger partial charge in [0.2, 0.25) is 0 Å². The second-order valence-electron chi connectivity index (χ2n) is 6.60. The maximum atomic E-state index is 12.7. The number of nitrogens with zero attached hydrogens (tertiary/aromatic N) is 2. The zero-order valence-corrected chi connectivity index (χ0v) is 20.1. The molecule has 1 amide bonds. The maximum Gasteiger partial charge on any atom is 0.339 e. The quantitative estimate of drug-likeness (QED) is 0.135. The van der Waals surface area contributed by atoms with E-state index in [1.165, 1.54) is 30.3 Å². The number of rotatable bonds is 7. The second kappa shape index (κ2) is 10.5. The fraction of sp³-hybridized carbons (Fsp3) is 0. The summed E-state index contributed by atoms with van der Waals surface area (Å²) in [5.74, 6) is -0.904. The van der Waals surface area contributed by atoms with Crippen molar-refractivity contribution in [1.29, 1.82) is 5.26 Å². The van der Waals surface area contributed by atoms with Crippen molar-refractivity contribution in [3.63, 3.8) is 0 Å². The highest BCUT2D eigenvalue weighted by Crippen LogP contribution is 2.29. The third-order valence-corrected chi connectivity index (χ3v) is 6.23. The number of nitro groups is 1. The highest BCUT2D eigenvalue weighted by atomic mass is 79.9. The lowest BCUT2D eigenvalue weighted by atomic mass is 10.1. The van der Waals surface area contributed by atoms with Crippen LogP contribution in [0.3, 0.4) is 0 Å². The number of benzene rings is 3. The van der Waals surface area contributed by atoms with Gasteiger partial charge in [-0.3, -0.25) is 14.9 Å². The minimum atomic E-state index is -4.37. The average Bonchev–Trinajstić information content (AvgIpc) is 2.79. The first kappa shape index (κ1) is 24.9. The molecule has 0 fully saturated rings. The van der Waals surface area contributed by atoms with Crippen molar-refractivity contribution >= 4 is 61.0 Å². The van der Waals surface area contributed by atoms with Crippen LogP contribution in [0, 0.1) is 21.4 Å². The molecule has 34 heavy (non-hydrogen) atoms. The molecule has 3 aromatic rings. The number of non-ortho nitro benzene ring substituents is 1. The molecule has 172 valence electrons. The first-order valence-electron chi connectivity index (χ1n) is 9.26. The molecule has 0 aliphatic heterocycles. The Hall–Kier alpha value is -3.72. The van der Waals surface area contributed by atoms with E-state index < -0.39 is 20.9 Å². The SMILES string of the molecule is N#C/C(=C\c1cc(Br)ccc1OS(=O)(=O)c1ccc([N+](=O)[O-])cc1)C(=O)Nc1cccc(Cl)c1. The molecule has 0 aliphatic carbocycles. The molecule has 0 aliphatic rings. The standard InChI is InChI=1S/C22H13BrClN3O6S/c23-16-4-9-21(33-34(31,32)20-7-5-19(6-8-20)27(29)30)14(11-16)10-15(13-25)22(28)26-18-3-1-2-17(24)12-18/h1-12H,(H,26,28)/b15-10+. The van der Waals surface area contributed by atoms with Gasteiger partial charge in [-0.25, -0.2) is 0 Å². The Morgan fingerprint density at radius 2 is 1.85 bits per heavy atom. The van der Waals surface area contributed by atoms with E-state index in [0.717, 1.165) is 24.3 Å². The first-order chi connectivity index (χ1) is 16.1. The molecule has 3 aromatic carbocycles. The molecular weight excluding hydrogens is 550 g/mol. The van der Waals surface area contributed by atoms with Crippen molar-refractivity contribution in [1.82, 2.24) is 0 Å². The summed E-state index contributed by atoms with van der Waals surface area (Å²) in [6.07, 6.45) is 1.17. The van der Waals surface area contributed by atoms with Crippen molar-refractivity contribution in [2.24, 2.45) is 0 Å². The van der Waals surface area contributed by atoms with Gasteiger partial charge in [0, 0.05) is 32.9 Å². The Morgan fingerprint density at radius 1 is 1.15 bits per heavy atom. The van der Waals surface area contributed by atoms with E-state index in [-0.39, 0.29) is 27.5 Å². The van der Waals surface area contributed by atoms with Crippen molar-refractivity contribution in [3.8, 4) is 11.8 Å². The predicted octanol–water partition coefficient (Wildman–Crippen LogP) is 5.32. The van der Waals surface area contributed by atoms with Gasteiger partial charge >= 0.3 is 10.1 Å². The molecular formula is C22H13BrClN3O6S. The fourth-order valence-electron chi connectivity index (χ4n) is 2.68. The molecule has 0 radical (unpaired) electrons. The van der Waals surface area contributed by atoms with Crippen molar-refractivity contribution in [2.45, 2.75) is 4.90 Å². The third-order valence-electron chi connectivity index (χ3n) is 4.25. The van der Waals surface area contributed by atoms with Gasteiger partial charge in [0.25, 0.3) is 11.6 Å². The van der Waals surface area contributed by atoms with Crippen LogP contribution in [-0.4, -0.2) is 19.2 Å². The van der Waals surface area contributed by atoms with Crippen molar-refractivity contribution in [2.75, 3.05) is 5.32 Å². The van der Waals surface area contributed by atoms with Crippen molar-refractivity contribution < 1.29 is 22.3 Å². The van der Waals surface area contributed by atoms with Crippen LogP contribution in [-0.2, 0) is 14.9 Å². The van der Waals surface area contributed by atoms with Crippen LogP contribution >= 0.6 is 27.5 Å². The summed E-state index contributed by atoms with van der Waals surface area (Å²) in [6.45, 7) is 0. The topological polar surface area (TPSA) is 139 Å². The lowest BCUT2D eigenvalue weighted by molar-refractivity contribution is -0.384. The van der Waals surface area contributed by atoms with Gasteiger partial charge in [0.1, 0.15) is 22.3 Å². The van der Waals surface area contributed by atoms with E-state index >= 15 is 0 Å². The largest absolute Gasteiger partial charge is 0.378 e. The predicted molar refractivity (Wildman–Crippen MR) is 129 cm³/mol. The van der Waals surface area contributed by atoms with Gasteiger partial charge < -0.3 is 9.50 Å². The monoisotopic (exact) mass is 561 g/mol. The van der Waals surface area contributed by atoms with Crippen LogP contribution in [0.5, 0.6) is 5.75 Å². The molecule has 0 saturated carbocycles. The van der Waals surface area contributed by atoms with E-state index in [4.69, 9.17) is 15.8 Å². The lowest BCUT2D eigenvalue weighted by Crippen LogP contribution is -2.14. The highest BCUT2D eigenvalue weighted by molar-refractivity contribution is 9.10. The summed E-state index contributed by atoms with van der Waals surface area (Å²) in [6, 6.07) is 16.6. The summed E-state index contributed by atoms with van der Waals surface area (Å²) < 4.78 is 31.1. The van der Waals surface area contributed by atoms with Crippen LogP contribution in [0.2, 0.25) is 5.02 Å². The molecule has 12 heteroatoms. The van der Waals surface area contributed by atoms with Crippen LogP contribution in [0.4, 0.5) is 11.4 Å². The number of halogens is 2. The zero-order valence-electron chi connectivity index (χ0n) is 16.9. The van der Waals surface area contributed by atoms with Gasteiger partial charge in [-0.1, -0.05) is 33.6 Å². The second-order valence-corrected chi connectivity index (χ2v) is 9.50. The molecule has 0 unspecified atom stereocenters. The van der Waals surface area contributed by atoms with Gasteiger partial charge in [-0.2, -0.15) is 13.7 Å². The number of hydrogen-bond acceptors (Lipinski definition) is 7. The van der Waals surface area contributed by atoms with Gasteiger partial charge in [0.05, 0.1) is 4.92 Å². The van der Waals surface area contributed by atoms with E-state index in [2.05, 4.69) is 21.2 Å². The Kier molecular flexibility index (Phi) is 7.68. The number of carbonyl (C=O) groups is 1. The Labute approximate surface area is 207 Å². The lowest BCUT2D eigenvalue weighted by Gasteiger charge is -2.11. The Bertz CT molecular complexity index is 1450. The number of amides is 1. The molecule has 3 rings (SSSR count). The van der Waals surface area contributed by atoms with Gasteiger partial charge in [-0.15, -0.1) is 0 Å². The van der Waals surface area contributed by atoms with Crippen LogP contribution in [0.15, 0.2) is 81.7 Å². The molecule has 1 N–H and O–H groups in total. The van der Waals surface area contributed by atoms with Crippen LogP contribution in [0.1, 0.15) is 5.56 Å². The number of nitriles is 1. The Balaban J connectivity index is 1.93. The minimum Gasteiger partial charge on any atom is -0.378 e. The highest BCUT2D eigenvalue weighted by Gasteiger charge is 2.20. The maximum absolute atomic E-state index is 12.7.